The summed E-state index contributed by atoms with van der Waals surface area (Å²) in [5.41, 5.74) is 2.00. The Hall–Kier alpha value is -1.31. The molecule has 1 atom stereocenters. The minimum absolute atomic E-state index is 0.100. The first-order valence-electron chi connectivity index (χ1n) is 9.36. The molecule has 0 spiro atoms. The van der Waals surface area contributed by atoms with E-state index in [9.17, 15) is 4.79 Å². The summed E-state index contributed by atoms with van der Waals surface area (Å²) >= 11 is 0. The zero-order chi connectivity index (χ0) is 19.4. The Morgan fingerprint density at radius 1 is 1.04 bits per heavy atom. The highest BCUT2D eigenvalue weighted by Gasteiger charge is 2.25. The molecule has 0 aliphatic carbocycles. The second kappa shape index (κ2) is 23.0. The van der Waals surface area contributed by atoms with Crippen LogP contribution in [-0.2, 0) is 4.79 Å². The molecule has 0 saturated carbocycles. The molecule has 1 amide bonds. The van der Waals surface area contributed by atoms with Gasteiger partial charge in [-0.25, -0.2) is 0 Å². The van der Waals surface area contributed by atoms with Gasteiger partial charge in [0.15, 0.2) is 0 Å². The van der Waals surface area contributed by atoms with E-state index >= 15 is 0 Å². The van der Waals surface area contributed by atoms with Gasteiger partial charge in [0, 0.05) is 18.7 Å². The molecule has 1 rings (SSSR count). The predicted octanol–water partition coefficient (Wildman–Crippen LogP) is 7.00. The van der Waals surface area contributed by atoms with Gasteiger partial charge >= 0.3 is 0 Å². The fraction of sp³-hybridized carbons (Fsp3) is 0.667. The number of allylic oxidation sites excluding steroid dienone is 4. The second-order valence-corrected chi connectivity index (χ2v) is 4.02. The first kappa shape index (κ1) is 29.7. The molecule has 1 fully saturated rings. The number of likely N-dealkylation sites (tertiary alicyclic amines) is 1. The van der Waals surface area contributed by atoms with E-state index in [1.54, 1.807) is 4.90 Å². The predicted molar refractivity (Wildman–Crippen MR) is 109 cm³/mol. The standard InChI is InChI=1S/C13H19NO.4C2H6/c1-5-6-7-12-10(2)8-9-11(3)13(15)14(12)4;4*1-2/h5-7,11H,2,8-9H2,1,3-4H3;4*1-2H3/b6-5-,12-7+;;;;. The molecule has 23 heavy (non-hydrogen) atoms. The van der Waals surface area contributed by atoms with E-state index in [0.29, 0.717) is 0 Å². The average Bonchev–Trinajstić information content (AvgIpc) is 2.73. The van der Waals surface area contributed by atoms with Crippen LogP contribution in [0.15, 0.2) is 36.1 Å². The third-order valence-corrected chi connectivity index (χ3v) is 2.80. The molecule has 2 heteroatoms. The minimum atomic E-state index is 0.100. The molecule has 138 valence electrons. The van der Waals surface area contributed by atoms with Gasteiger partial charge in [-0.2, -0.15) is 0 Å². The number of carbonyl (C=O) groups excluding carboxylic acids is 1. The van der Waals surface area contributed by atoms with Gasteiger partial charge in [0.2, 0.25) is 5.91 Å². The number of carbonyl (C=O) groups is 1. The van der Waals surface area contributed by atoms with E-state index in [4.69, 9.17) is 0 Å². The fourth-order valence-corrected chi connectivity index (χ4v) is 1.75. The van der Waals surface area contributed by atoms with Crippen molar-refractivity contribution in [1.82, 2.24) is 4.90 Å². The highest BCUT2D eigenvalue weighted by molar-refractivity contribution is 5.81. The molecule has 0 N–H and O–H groups in total. The lowest BCUT2D eigenvalue weighted by molar-refractivity contribution is -0.131. The Morgan fingerprint density at radius 2 is 1.48 bits per heavy atom. The van der Waals surface area contributed by atoms with Crippen LogP contribution in [-0.4, -0.2) is 17.9 Å². The Balaban J connectivity index is -0.000000196. The fourth-order valence-electron chi connectivity index (χ4n) is 1.75. The van der Waals surface area contributed by atoms with Crippen LogP contribution in [0.1, 0.15) is 82.1 Å². The van der Waals surface area contributed by atoms with Crippen molar-refractivity contribution in [2.45, 2.75) is 82.1 Å². The van der Waals surface area contributed by atoms with Gasteiger partial charge < -0.3 is 4.90 Å². The Labute approximate surface area is 147 Å². The van der Waals surface area contributed by atoms with Crippen molar-refractivity contribution in [2.24, 2.45) is 5.92 Å². The lowest BCUT2D eigenvalue weighted by atomic mass is 10.0. The lowest BCUT2D eigenvalue weighted by Crippen LogP contribution is -2.29. The van der Waals surface area contributed by atoms with Crippen LogP contribution in [0.4, 0.5) is 0 Å². The smallest absolute Gasteiger partial charge is 0.229 e. The molecule has 0 aromatic rings. The van der Waals surface area contributed by atoms with Crippen molar-refractivity contribution in [3.8, 4) is 0 Å². The summed E-state index contributed by atoms with van der Waals surface area (Å²) in [4.78, 5) is 13.6. The average molecular weight is 326 g/mol. The maximum atomic E-state index is 11.9. The van der Waals surface area contributed by atoms with Gasteiger partial charge in [0.1, 0.15) is 0 Å². The molecule has 2 nitrogen and oxygen atoms in total. The molecule has 1 saturated heterocycles. The van der Waals surface area contributed by atoms with E-state index in [-0.39, 0.29) is 11.8 Å². The monoisotopic (exact) mass is 325 g/mol. The summed E-state index contributed by atoms with van der Waals surface area (Å²) in [7, 11) is 1.82. The third kappa shape index (κ3) is 12.9. The van der Waals surface area contributed by atoms with Crippen molar-refractivity contribution in [3.63, 3.8) is 0 Å². The summed E-state index contributed by atoms with van der Waals surface area (Å²) in [5.74, 6) is 0.285. The summed E-state index contributed by atoms with van der Waals surface area (Å²) in [6.07, 6.45) is 7.65. The van der Waals surface area contributed by atoms with Crippen LogP contribution in [0.2, 0.25) is 0 Å². The Bertz CT molecular complexity index is 327. The number of rotatable bonds is 1. The maximum Gasteiger partial charge on any atom is 0.229 e. The van der Waals surface area contributed by atoms with Crippen molar-refractivity contribution < 1.29 is 4.79 Å². The van der Waals surface area contributed by atoms with E-state index in [2.05, 4.69) is 6.58 Å². The van der Waals surface area contributed by atoms with Crippen LogP contribution < -0.4 is 0 Å². The topological polar surface area (TPSA) is 20.3 Å². The van der Waals surface area contributed by atoms with E-state index in [0.717, 1.165) is 24.1 Å². The summed E-state index contributed by atoms with van der Waals surface area (Å²) < 4.78 is 0. The van der Waals surface area contributed by atoms with Crippen molar-refractivity contribution in [2.75, 3.05) is 7.05 Å². The molecule has 1 aliphatic rings. The number of amides is 1. The first-order valence-corrected chi connectivity index (χ1v) is 9.36. The largest absolute Gasteiger partial charge is 0.315 e. The summed E-state index contributed by atoms with van der Waals surface area (Å²) in [6.45, 7) is 24.0. The molecule has 1 unspecified atom stereocenters. The van der Waals surface area contributed by atoms with Crippen LogP contribution in [0.3, 0.4) is 0 Å². The van der Waals surface area contributed by atoms with Gasteiger partial charge in [0.05, 0.1) is 0 Å². The van der Waals surface area contributed by atoms with E-state index < -0.39 is 0 Å². The highest BCUT2D eigenvalue weighted by atomic mass is 16.2. The molecule has 0 bridgehead atoms. The van der Waals surface area contributed by atoms with Crippen LogP contribution >= 0.6 is 0 Å². The maximum absolute atomic E-state index is 11.9. The molecular formula is C21H43NO. The van der Waals surface area contributed by atoms with E-state index in [1.165, 1.54) is 0 Å². The van der Waals surface area contributed by atoms with E-state index in [1.807, 2.05) is 94.5 Å². The highest BCUT2D eigenvalue weighted by Crippen LogP contribution is 2.26. The number of hydrogen-bond acceptors (Lipinski definition) is 1. The number of likely N-dealkylation sites (N-methyl/N-ethyl adjacent to an activating group) is 1. The van der Waals surface area contributed by atoms with Gasteiger partial charge in [0.25, 0.3) is 0 Å². The van der Waals surface area contributed by atoms with Crippen molar-refractivity contribution in [3.05, 3.63) is 36.1 Å². The zero-order valence-corrected chi connectivity index (χ0v) is 17.8. The zero-order valence-electron chi connectivity index (χ0n) is 17.8. The Morgan fingerprint density at radius 3 is 1.87 bits per heavy atom. The molecule has 0 radical (unpaired) electrons. The number of hydrogen-bond donors (Lipinski definition) is 0. The quantitative estimate of drug-likeness (QED) is 0.508. The van der Waals surface area contributed by atoms with Gasteiger partial charge in [-0.15, -0.1) is 0 Å². The molecular weight excluding hydrogens is 282 g/mol. The molecule has 1 aliphatic heterocycles. The summed E-state index contributed by atoms with van der Waals surface area (Å²) in [6, 6.07) is 0. The van der Waals surface area contributed by atoms with Crippen LogP contribution in [0, 0.1) is 5.92 Å². The van der Waals surface area contributed by atoms with Gasteiger partial charge in [-0.3, -0.25) is 4.79 Å². The minimum Gasteiger partial charge on any atom is -0.315 e. The first-order chi connectivity index (χ1) is 11.1. The van der Waals surface area contributed by atoms with Crippen molar-refractivity contribution in [1.29, 1.82) is 0 Å². The Kier molecular flexibility index (Phi) is 29.6. The molecule has 0 aromatic carbocycles. The lowest BCUT2D eigenvalue weighted by Gasteiger charge is -2.20. The molecule has 1 heterocycles. The van der Waals surface area contributed by atoms with Crippen LogP contribution in [0.25, 0.3) is 0 Å². The SMILES string of the molecule is C=C1CCC(C)C(=O)N(C)/C1=C/C=C\C.CC.CC.CC.CC. The van der Waals surface area contributed by atoms with Crippen LogP contribution in [0.5, 0.6) is 0 Å². The van der Waals surface area contributed by atoms with Gasteiger partial charge in [-0.1, -0.05) is 81.0 Å². The third-order valence-electron chi connectivity index (χ3n) is 2.80. The molecule has 0 aromatic heterocycles. The number of nitrogens with zero attached hydrogens (tertiary/aromatic N) is 1. The van der Waals surface area contributed by atoms with Crippen molar-refractivity contribution >= 4 is 5.91 Å². The summed E-state index contributed by atoms with van der Waals surface area (Å²) in [5, 5.41) is 0. The second-order valence-electron chi connectivity index (χ2n) is 4.02. The normalized spacial score (nSPS) is 18.3. The van der Waals surface area contributed by atoms with Gasteiger partial charge in [-0.05, 0) is 31.4 Å².